The summed E-state index contributed by atoms with van der Waals surface area (Å²) in [4.78, 5) is 18.1. The molecule has 9 nitrogen and oxygen atoms in total. The molecule has 3 aromatic rings. The number of carbonyl (C=O) groups is 1. The van der Waals surface area contributed by atoms with E-state index in [2.05, 4.69) is 10.3 Å². The lowest BCUT2D eigenvalue weighted by Crippen LogP contribution is -2.35. The van der Waals surface area contributed by atoms with E-state index in [1.165, 1.54) is 42.0 Å². The number of fused-ring (bicyclic) bond motifs is 1. The minimum Gasteiger partial charge on any atom is -0.497 e. The Morgan fingerprint density at radius 1 is 1.12 bits per heavy atom. The number of nitrogens with two attached hydrogens (primary N) is 1. The largest absolute Gasteiger partial charge is 0.497 e. The van der Waals surface area contributed by atoms with Crippen molar-refractivity contribution < 1.29 is 22.7 Å². The topological polar surface area (TPSA) is 124 Å². The highest BCUT2D eigenvalue weighted by Gasteiger charge is 2.31. The fourth-order valence-corrected chi connectivity index (χ4v) is 5.83. The molecule has 1 amide bonds. The van der Waals surface area contributed by atoms with Crippen molar-refractivity contribution in [1.29, 1.82) is 0 Å². The summed E-state index contributed by atoms with van der Waals surface area (Å²) in [5.74, 6) is 0.737. The first-order valence-electron chi connectivity index (χ1n) is 9.69. The lowest BCUT2D eigenvalue weighted by molar-refractivity contribution is 0.102. The highest BCUT2D eigenvalue weighted by Crippen LogP contribution is 2.31. The van der Waals surface area contributed by atoms with Crippen molar-refractivity contribution in [2.24, 2.45) is 0 Å². The van der Waals surface area contributed by atoms with E-state index in [1.807, 2.05) is 0 Å². The van der Waals surface area contributed by atoms with Crippen LogP contribution in [-0.2, 0) is 23.0 Å². The van der Waals surface area contributed by atoms with E-state index >= 15 is 0 Å². The number of hydrogen-bond acceptors (Lipinski definition) is 8. The molecule has 0 fully saturated rings. The van der Waals surface area contributed by atoms with Crippen LogP contribution in [0, 0.1) is 0 Å². The van der Waals surface area contributed by atoms with Crippen molar-refractivity contribution in [2.45, 2.75) is 17.9 Å². The molecule has 0 spiro atoms. The maximum Gasteiger partial charge on any atom is 0.284 e. The minimum absolute atomic E-state index is 0.163. The number of anilines is 2. The Bertz CT molecular complexity index is 1260. The molecule has 0 bridgehead atoms. The summed E-state index contributed by atoms with van der Waals surface area (Å²) in [7, 11) is -0.628. The third kappa shape index (κ3) is 4.27. The number of nitrogens with zero attached hydrogens (tertiary/aromatic N) is 2. The van der Waals surface area contributed by atoms with Crippen molar-refractivity contribution in [2.75, 3.05) is 31.8 Å². The monoisotopic (exact) mass is 474 g/mol. The number of aromatic nitrogens is 1. The Morgan fingerprint density at radius 2 is 1.81 bits per heavy atom. The maximum absolute atomic E-state index is 13.0. The van der Waals surface area contributed by atoms with Gasteiger partial charge in [0.05, 0.1) is 42.7 Å². The molecule has 1 aliphatic heterocycles. The molecule has 3 N–H and O–H groups in total. The van der Waals surface area contributed by atoms with Crippen LogP contribution in [-0.4, -0.2) is 44.4 Å². The van der Waals surface area contributed by atoms with Gasteiger partial charge >= 0.3 is 0 Å². The van der Waals surface area contributed by atoms with Gasteiger partial charge in [0.1, 0.15) is 11.5 Å². The van der Waals surface area contributed by atoms with Gasteiger partial charge in [0.2, 0.25) is 10.0 Å². The summed E-state index contributed by atoms with van der Waals surface area (Å²) in [6.07, 6.45) is 0.426. The van der Waals surface area contributed by atoms with Gasteiger partial charge in [-0.05, 0) is 36.4 Å². The summed E-state index contributed by atoms with van der Waals surface area (Å²) < 4.78 is 37.7. The van der Waals surface area contributed by atoms with Crippen LogP contribution in [0.2, 0.25) is 0 Å². The van der Waals surface area contributed by atoms with E-state index in [1.54, 1.807) is 30.3 Å². The van der Waals surface area contributed by atoms with E-state index in [0.29, 0.717) is 29.3 Å². The van der Waals surface area contributed by atoms with Crippen LogP contribution in [0.1, 0.15) is 20.4 Å². The van der Waals surface area contributed by atoms with Crippen LogP contribution < -0.4 is 20.5 Å². The second kappa shape index (κ2) is 8.77. The normalized spacial score (nSPS) is 13.9. The molecular weight excluding hydrogens is 452 g/mol. The number of nitrogens with one attached hydrogen (secondary N) is 1. The highest BCUT2D eigenvalue weighted by atomic mass is 32.2. The zero-order valence-electron chi connectivity index (χ0n) is 17.5. The number of benzene rings is 2. The van der Waals surface area contributed by atoms with Gasteiger partial charge in [0.15, 0.2) is 5.01 Å². The van der Waals surface area contributed by atoms with Gasteiger partial charge in [-0.3, -0.25) is 4.79 Å². The van der Waals surface area contributed by atoms with Crippen LogP contribution in [0.15, 0.2) is 47.4 Å². The molecule has 0 aliphatic carbocycles. The first-order chi connectivity index (χ1) is 15.3. The smallest absolute Gasteiger partial charge is 0.284 e. The zero-order valence-corrected chi connectivity index (χ0v) is 19.1. The Morgan fingerprint density at radius 3 is 2.50 bits per heavy atom. The number of carbonyl (C=O) groups excluding carboxylic acids is 1. The number of sulfonamides is 1. The Balaban J connectivity index is 1.52. The third-order valence-corrected chi connectivity index (χ3v) is 8.04. The standard InChI is InChI=1S/C21H22N4O5S2/c1-29-13-3-6-15(7-4-13)32(27,28)25-10-9-17-19(12-25)31-21(24-17)20(26)23-18-11-14(30-2)5-8-16(18)22/h3-8,11H,9-10,12,22H2,1-2H3,(H,23,26). The molecule has 32 heavy (non-hydrogen) atoms. The average Bonchev–Trinajstić information content (AvgIpc) is 3.24. The number of hydrogen-bond donors (Lipinski definition) is 2. The zero-order chi connectivity index (χ0) is 22.9. The number of nitrogen functional groups attached to an aromatic ring is 1. The van der Waals surface area contributed by atoms with Gasteiger partial charge in [0.25, 0.3) is 5.91 Å². The lowest BCUT2D eigenvalue weighted by Gasteiger charge is -2.25. The maximum atomic E-state index is 13.0. The van der Waals surface area contributed by atoms with E-state index in [4.69, 9.17) is 15.2 Å². The number of rotatable bonds is 6. The first-order valence-corrected chi connectivity index (χ1v) is 11.9. The average molecular weight is 475 g/mol. The molecule has 2 heterocycles. The molecule has 11 heteroatoms. The van der Waals surface area contributed by atoms with Crippen LogP contribution in [0.5, 0.6) is 11.5 Å². The van der Waals surface area contributed by atoms with E-state index in [-0.39, 0.29) is 23.0 Å². The molecule has 1 aromatic heterocycles. The molecule has 0 saturated carbocycles. The van der Waals surface area contributed by atoms with E-state index in [9.17, 15) is 13.2 Å². The summed E-state index contributed by atoms with van der Waals surface area (Å²) in [6.45, 7) is 0.449. The second-order valence-electron chi connectivity index (χ2n) is 7.06. The van der Waals surface area contributed by atoms with Crippen molar-refractivity contribution in [3.8, 4) is 11.5 Å². The molecule has 0 atom stereocenters. The quantitative estimate of drug-likeness (QED) is 0.527. The van der Waals surface area contributed by atoms with Crippen molar-refractivity contribution in [3.63, 3.8) is 0 Å². The first kappa shape index (κ1) is 22.1. The summed E-state index contributed by atoms with van der Waals surface area (Å²) >= 11 is 1.18. The van der Waals surface area contributed by atoms with Gasteiger partial charge in [0, 0.05) is 23.9 Å². The number of ether oxygens (including phenoxy) is 2. The molecule has 1 aliphatic rings. The summed E-state index contributed by atoms with van der Waals surface area (Å²) in [5.41, 5.74) is 7.50. The van der Waals surface area contributed by atoms with Gasteiger partial charge in [-0.15, -0.1) is 11.3 Å². The Hall–Kier alpha value is -3.15. The second-order valence-corrected chi connectivity index (χ2v) is 10.1. The van der Waals surface area contributed by atoms with Crippen LogP contribution in [0.4, 0.5) is 11.4 Å². The molecule has 0 radical (unpaired) electrons. The van der Waals surface area contributed by atoms with Crippen LogP contribution in [0.3, 0.4) is 0 Å². The Kier molecular flexibility index (Phi) is 6.04. The molecule has 4 rings (SSSR count). The molecular formula is C21H22N4O5S2. The van der Waals surface area contributed by atoms with Gasteiger partial charge in [-0.25, -0.2) is 13.4 Å². The van der Waals surface area contributed by atoms with Gasteiger partial charge in [-0.2, -0.15) is 4.31 Å². The number of thiazole rings is 1. The molecule has 168 valence electrons. The van der Waals surface area contributed by atoms with E-state index in [0.717, 1.165) is 10.6 Å². The molecule has 0 saturated heterocycles. The number of methoxy groups -OCH3 is 2. The molecule has 2 aromatic carbocycles. The third-order valence-electron chi connectivity index (χ3n) is 5.10. The van der Waals surface area contributed by atoms with Crippen LogP contribution in [0.25, 0.3) is 0 Å². The lowest BCUT2D eigenvalue weighted by atomic mass is 10.2. The van der Waals surface area contributed by atoms with E-state index < -0.39 is 15.9 Å². The van der Waals surface area contributed by atoms with Gasteiger partial charge < -0.3 is 20.5 Å². The van der Waals surface area contributed by atoms with Gasteiger partial charge in [-0.1, -0.05) is 0 Å². The van der Waals surface area contributed by atoms with Crippen molar-refractivity contribution >= 4 is 38.6 Å². The SMILES string of the molecule is COc1ccc(S(=O)(=O)N2CCc3nc(C(=O)Nc4cc(OC)ccc4N)sc3C2)cc1. The minimum atomic E-state index is -3.68. The van der Waals surface area contributed by atoms with Crippen molar-refractivity contribution in [1.82, 2.24) is 9.29 Å². The van der Waals surface area contributed by atoms with Crippen molar-refractivity contribution in [3.05, 3.63) is 58.0 Å². The predicted octanol–water partition coefficient (Wildman–Crippen LogP) is 2.74. The number of amides is 1. The summed E-state index contributed by atoms with van der Waals surface area (Å²) in [5, 5.41) is 3.00. The predicted molar refractivity (Wildman–Crippen MR) is 122 cm³/mol. The summed E-state index contributed by atoms with van der Waals surface area (Å²) in [6, 6.07) is 11.2. The molecule has 0 unspecified atom stereocenters. The fraction of sp³-hybridized carbons (Fsp3) is 0.238. The highest BCUT2D eigenvalue weighted by molar-refractivity contribution is 7.89. The fourth-order valence-electron chi connectivity index (χ4n) is 3.32. The Labute approximate surface area is 189 Å². The van der Waals surface area contributed by atoms with Crippen LogP contribution >= 0.6 is 11.3 Å².